The number of carbonyl (C=O) groups excluding carboxylic acids is 3. The van der Waals surface area contributed by atoms with E-state index in [0.29, 0.717) is 17.7 Å². The van der Waals surface area contributed by atoms with E-state index in [1.54, 1.807) is 43.0 Å². The first-order chi connectivity index (χ1) is 12.5. The molecule has 2 rings (SSSR count). The quantitative estimate of drug-likeness (QED) is 0.491. The second-order valence-electron chi connectivity index (χ2n) is 6.54. The van der Waals surface area contributed by atoms with Crippen LogP contribution >= 0.6 is 11.8 Å². The van der Waals surface area contributed by atoms with Gasteiger partial charge >= 0.3 is 0 Å². The molecule has 140 valence electrons. The molecule has 1 aliphatic heterocycles. The Bertz CT molecular complexity index is 687. The molecule has 1 aromatic carbocycles. The number of ketones is 2. The number of unbranched alkanes of at least 4 members (excludes halogenated alkanes) is 2. The number of hydrogen-bond acceptors (Lipinski definition) is 5. The maximum atomic E-state index is 12.8. The van der Waals surface area contributed by atoms with Crippen LogP contribution in [0.15, 0.2) is 35.9 Å². The molecule has 0 spiro atoms. The van der Waals surface area contributed by atoms with Crippen molar-refractivity contribution >= 4 is 34.9 Å². The number of Topliss-reactive ketones (excluding diaryl/α,β-unsaturated/α-hetero) is 2. The van der Waals surface area contributed by atoms with Crippen LogP contribution in [0.4, 0.5) is 5.69 Å². The topological polar surface area (TPSA) is 66.5 Å². The van der Waals surface area contributed by atoms with Gasteiger partial charge in [0.25, 0.3) is 0 Å². The van der Waals surface area contributed by atoms with Crippen molar-refractivity contribution in [3.8, 4) is 0 Å². The van der Waals surface area contributed by atoms with Gasteiger partial charge in [0.1, 0.15) is 11.8 Å². The number of nitrogens with zero attached hydrogens (tertiary/aromatic N) is 1. The summed E-state index contributed by atoms with van der Waals surface area (Å²) < 4.78 is 0. The molecule has 1 atom stereocenters. The van der Waals surface area contributed by atoms with Gasteiger partial charge in [-0.1, -0.05) is 25.0 Å². The highest BCUT2D eigenvalue weighted by Gasteiger charge is 2.25. The Balaban J connectivity index is 1.96. The Kier molecular flexibility index (Phi) is 7.91. The molecular formula is C20H26N2O3S. The number of benzene rings is 1. The van der Waals surface area contributed by atoms with Gasteiger partial charge in [-0.15, -0.1) is 11.8 Å². The van der Waals surface area contributed by atoms with Gasteiger partial charge in [0, 0.05) is 23.9 Å². The largest absolute Gasteiger partial charge is 0.356 e. The van der Waals surface area contributed by atoms with E-state index in [1.165, 1.54) is 6.92 Å². The molecule has 1 heterocycles. The van der Waals surface area contributed by atoms with Crippen LogP contribution < -0.4 is 5.32 Å². The average Bonchev–Trinajstić information content (AvgIpc) is 3.12. The van der Waals surface area contributed by atoms with Gasteiger partial charge in [0.15, 0.2) is 5.78 Å². The summed E-state index contributed by atoms with van der Waals surface area (Å²) >= 11 is 1.66. The summed E-state index contributed by atoms with van der Waals surface area (Å²) in [5.41, 5.74) is 1.22. The lowest BCUT2D eigenvalue weighted by Gasteiger charge is -2.26. The van der Waals surface area contributed by atoms with Gasteiger partial charge in [0.05, 0.1) is 5.88 Å². The standard InChI is InChI=1S/C20H26N2O3S/c1-15(23)7-4-3-5-10-19(22-11-12-26-14-22)20(25)21-18-9-6-8-17(13-18)16(2)24/h6,8-9,11-13,19H,3-5,7,10,14H2,1-2H3,(H,21,25). The zero-order valence-corrected chi connectivity index (χ0v) is 16.2. The molecule has 0 aromatic heterocycles. The average molecular weight is 375 g/mol. The smallest absolute Gasteiger partial charge is 0.247 e. The summed E-state index contributed by atoms with van der Waals surface area (Å²) in [4.78, 5) is 37.4. The maximum Gasteiger partial charge on any atom is 0.247 e. The number of amides is 1. The van der Waals surface area contributed by atoms with E-state index in [9.17, 15) is 14.4 Å². The van der Waals surface area contributed by atoms with Gasteiger partial charge in [-0.25, -0.2) is 0 Å². The van der Waals surface area contributed by atoms with Crippen molar-refractivity contribution in [2.75, 3.05) is 11.2 Å². The molecule has 6 heteroatoms. The predicted molar refractivity (Wildman–Crippen MR) is 106 cm³/mol. The Morgan fingerprint density at radius 3 is 2.65 bits per heavy atom. The SMILES string of the molecule is CC(=O)CCCCCC(C(=O)Nc1cccc(C(C)=O)c1)N1C=CSC1. The summed E-state index contributed by atoms with van der Waals surface area (Å²) in [7, 11) is 0. The lowest BCUT2D eigenvalue weighted by molar-refractivity contribution is -0.120. The molecule has 1 aliphatic rings. The molecule has 0 saturated heterocycles. The Hall–Kier alpha value is -2.08. The maximum absolute atomic E-state index is 12.8. The van der Waals surface area contributed by atoms with Crippen molar-refractivity contribution in [1.82, 2.24) is 4.90 Å². The van der Waals surface area contributed by atoms with E-state index >= 15 is 0 Å². The minimum Gasteiger partial charge on any atom is -0.356 e. The normalized spacial score (nSPS) is 14.3. The van der Waals surface area contributed by atoms with Gasteiger partial charge in [0.2, 0.25) is 5.91 Å². The first-order valence-electron chi connectivity index (χ1n) is 8.92. The van der Waals surface area contributed by atoms with E-state index < -0.39 is 0 Å². The molecule has 1 amide bonds. The summed E-state index contributed by atoms with van der Waals surface area (Å²) in [6.45, 7) is 3.12. The van der Waals surface area contributed by atoms with Crippen LogP contribution in [0, 0.1) is 0 Å². The van der Waals surface area contributed by atoms with Crippen molar-refractivity contribution in [2.45, 2.75) is 52.0 Å². The first-order valence-corrected chi connectivity index (χ1v) is 9.97. The number of anilines is 1. The van der Waals surface area contributed by atoms with Crippen LogP contribution in [0.2, 0.25) is 0 Å². The van der Waals surface area contributed by atoms with E-state index in [0.717, 1.165) is 31.6 Å². The van der Waals surface area contributed by atoms with Crippen molar-refractivity contribution in [3.63, 3.8) is 0 Å². The number of nitrogens with one attached hydrogen (secondary N) is 1. The third kappa shape index (κ3) is 6.33. The van der Waals surface area contributed by atoms with E-state index in [1.807, 2.05) is 16.5 Å². The summed E-state index contributed by atoms with van der Waals surface area (Å²) in [6, 6.07) is 6.76. The molecule has 0 aliphatic carbocycles. The molecule has 1 N–H and O–H groups in total. The zero-order valence-electron chi connectivity index (χ0n) is 15.4. The predicted octanol–water partition coefficient (Wildman–Crippen LogP) is 4.21. The van der Waals surface area contributed by atoms with Crippen LogP contribution in [-0.4, -0.2) is 34.3 Å². The zero-order chi connectivity index (χ0) is 18.9. The van der Waals surface area contributed by atoms with Gasteiger partial charge in [-0.3, -0.25) is 9.59 Å². The van der Waals surface area contributed by atoms with Crippen LogP contribution in [0.25, 0.3) is 0 Å². The highest BCUT2D eigenvalue weighted by atomic mass is 32.2. The first kappa shape index (κ1) is 20.2. The second-order valence-corrected chi connectivity index (χ2v) is 7.40. The van der Waals surface area contributed by atoms with Crippen molar-refractivity contribution in [3.05, 3.63) is 41.4 Å². The summed E-state index contributed by atoms with van der Waals surface area (Å²) in [6.07, 6.45) is 6.00. The van der Waals surface area contributed by atoms with Gasteiger partial charge < -0.3 is 15.0 Å². The molecule has 0 fully saturated rings. The number of rotatable bonds is 10. The highest BCUT2D eigenvalue weighted by Crippen LogP contribution is 2.23. The molecule has 1 unspecified atom stereocenters. The molecule has 0 radical (unpaired) electrons. The minimum atomic E-state index is -0.250. The minimum absolute atomic E-state index is 0.0259. The molecule has 0 bridgehead atoms. The van der Waals surface area contributed by atoms with E-state index in [4.69, 9.17) is 0 Å². The Labute approximate surface area is 159 Å². The van der Waals surface area contributed by atoms with E-state index in [-0.39, 0.29) is 23.5 Å². The van der Waals surface area contributed by atoms with Crippen molar-refractivity contribution in [1.29, 1.82) is 0 Å². The summed E-state index contributed by atoms with van der Waals surface area (Å²) in [5, 5.41) is 4.94. The van der Waals surface area contributed by atoms with E-state index in [2.05, 4.69) is 5.32 Å². The second kappa shape index (κ2) is 10.2. The lowest BCUT2D eigenvalue weighted by Crippen LogP contribution is -2.40. The molecular weight excluding hydrogens is 348 g/mol. The van der Waals surface area contributed by atoms with Gasteiger partial charge in [-0.2, -0.15) is 0 Å². The van der Waals surface area contributed by atoms with Crippen molar-refractivity contribution < 1.29 is 14.4 Å². The monoisotopic (exact) mass is 374 g/mol. The number of thioether (sulfide) groups is 1. The van der Waals surface area contributed by atoms with Crippen LogP contribution in [-0.2, 0) is 9.59 Å². The fourth-order valence-electron chi connectivity index (χ4n) is 2.86. The fraction of sp³-hybridized carbons (Fsp3) is 0.450. The third-order valence-corrected chi connectivity index (χ3v) is 5.08. The molecule has 1 aromatic rings. The summed E-state index contributed by atoms with van der Waals surface area (Å²) in [5.74, 6) is 0.883. The van der Waals surface area contributed by atoms with Crippen LogP contribution in [0.5, 0.6) is 0 Å². The highest BCUT2D eigenvalue weighted by molar-refractivity contribution is 8.02. The fourth-order valence-corrected chi connectivity index (χ4v) is 3.63. The number of carbonyl (C=O) groups is 3. The molecule has 5 nitrogen and oxygen atoms in total. The van der Waals surface area contributed by atoms with Crippen LogP contribution in [0.3, 0.4) is 0 Å². The van der Waals surface area contributed by atoms with Crippen molar-refractivity contribution in [2.24, 2.45) is 0 Å². The molecule has 26 heavy (non-hydrogen) atoms. The van der Waals surface area contributed by atoms with Gasteiger partial charge in [-0.05, 0) is 44.2 Å². The number of hydrogen-bond donors (Lipinski definition) is 1. The third-order valence-electron chi connectivity index (χ3n) is 4.32. The van der Waals surface area contributed by atoms with Crippen LogP contribution in [0.1, 0.15) is 56.3 Å². The Morgan fingerprint density at radius 1 is 1.19 bits per heavy atom. The molecule has 0 saturated carbocycles. The Morgan fingerprint density at radius 2 is 2.00 bits per heavy atom. The lowest BCUT2D eigenvalue weighted by atomic mass is 10.0.